The topological polar surface area (TPSA) is 121 Å². The number of ether oxygens (including phenoxy) is 1. The molecule has 11 nitrogen and oxygen atoms in total. The van der Waals surface area contributed by atoms with Gasteiger partial charge in [0.25, 0.3) is 11.8 Å². The molecule has 0 aliphatic carbocycles. The number of halogens is 2. The highest BCUT2D eigenvalue weighted by Gasteiger charge is 2.20. The molecule has 0 aliphatic heterocycles. The van der Waals surface area contributed by atoms with Crippen molar-refractivity contribution >= 4 is 40.7 Å². The van der Waals surface area contributed by atoms with Crippen LogP contribution in [0.2, 0.25) is 10.0 Å². The maximum Gasteiger partial charge on any atom is 0.276 e. The van der Waals surface area contributed by atoms with Crippen molar-refractivity contribution in [2.45, 2.75) is 13.3 Å². The van der Waals surface area contributed by atoms with E-state index in [0.717, 1.165) is 5.56 Å². The number of nitrogens with one attached hydrogen (secondary N) is 2. The van der Waals surface area contributed by atoms with Gasteiger partial charge < -0.3 is 15.4 Å². The molecule has 0 unspecified atom stereocenters. The summed E-state index contributed by atoms with van der Waals surface area (Å²) in [5.41, 5.74) is 1.44. The number of hydrogen-bond acceptors (Lipinski definition) is 6. The first-order chi connectivity index (χ1) is 16.3. The molecule has 3 heterocycles. The quantitative estimate of drug-likeness (QED) is 0.382. The molecule has 2 amide bonds. The molecule has 0 aliphatic rings. The number of carbonyl (C=O) groups is 2. The van der Waals surface area contributed by atoms with E-state index >= 15 is 0 Å². The van der Waals surface area contributed by atoms with Crippen LogP contribution >= 0.6 is 23.2 Å². The van der Waals surface area contributed by atoms with E-state index in [2.05, 4.69) is 25.9 Å². The summed E-state index contributed by atoms with van der Waals surface area (Å²) in [5, 5.41) is 18.5. The summed E-state index contributed by atoms with van der Waals surface area (Å²) in [7, 11) is 3.40. The summed E-state index contributed by atoms with van der Waals surface area (Å²) in [4.78, 5) is 25.4. The first-order valence-electron chi connectivity index (χ1n) is 10.0. The minimum Gasteiger partial charge on any atom is -0.470 e. The van der Waals surface area contributed by atoms with Crippen molar-refractivity contribution in [2.75, 3.05) is 5.32 Å². The van der Waals surface area contributed by atoms with E-state index in [-0.39, 0.29) is 30.4 Å². The van der Waals surface area contributed by atoms with Gasteiger partial charge in [0.1, 0.15) is 16.5 Å². The van der Waals surface area contributed by atoms with Gasteiger partial charge >= 0.3 is 0 Å². The van der Waals surface area contributed by atoms with Gasteiger partial charge in [-0.3, -0.25) is 19.0 Å². The van der Waals surface area contributed by atoms with Gasteiger partial charge in [-0.15, -0.1) is 0 Å². The van der Waals surface area contributed by atoms with Gasteiger partial charge in [-0.1, -0.05) is 29.3 Å². The normalized spacial score (nSPS) is 10.8. The highest BCUT2D eigenvalue weighted by Crippen LogP contribution is 2.31. The van der Waals surface area contributed by atoms with Crippen molar-refractivity contribution in [2.24, 2.45) is 14.1 Å². The molecule has 4 rings (SSSR count). The molecule has 3 aromatic heterocycles. The molecule has 0 atom stereocenters. The fourth-order valence-corrected chi connectivity index (χ4v) is 3.45. The van der Waals surface area contributed by atoms with Crippen LogP contribution in [0.5, 0.6) is 5.75 Å². The summed E-state index contributed by atoms with van der Waals surface area (Å²) in [5.74, 6) is -0.502. The molecule has 0 bridgehead atoms. The Morgan fingerprint density at radius 2 is 1.91 bits per heavy atom. The molecule has 0 spiro atoms. The van der Waals surface area contributed by atoms with E-state index in [1.54, 1.807) is 55.6 Å². The Bertz CT molecular complexity index is 1340. The van der Waals surface area contributed by atoms with Crippen molar-refractivity contribution in [1.29, 1.82) is 0 Å². The van der Waals surface area contributed by atoms with Crippen LogP contribution in [0.1, 0.15) is 26.5 Å². The largest absolute Gasteiger partial charge is 0.470 e. The van der Waals surface area contributed by atoms with Crippen LogP contribution in [0.4, 0.5) is 5.69 Å². The zero-order chi connectivity index (χ0) is 24.2. The zero-order valence-corrected chi connectivity index (χ0v) is 19.7. The number of carbonyl (C=O) groups excluding carboxylic acids is 2. The van der Waals surface area contributed by atoms with Gasteiger partial charge in [0.2, 0.25) is 0 Å². The lowest BCUT2D eigenvalue weighted by Crippen LogP contribution is -2.26. The van der Waals surface area contributed by atoms with Crippen molar-refractivity contribution < 1.29 is 14.3 Å². The van der Waals surface area contributed by atoms with Crippen LogP contribution in [0.3, 0.4) is 0 Å². The Labute approximate surface area is 204 Å². The molecule has 34 heavy (non-hydrogen) atoms. The molecule has 2 N–H and O–H groups in total. The van der Waals surface area contributed by atoms with Crippen molar-refractivity contribution in [3.63, 3.8) is 0 Å². The van der Waals surface area contributed by atoms with Crippen LogP contribution in [-0.2, 0) is 27.4 Å². The summed E-state index contributed by atoms with van der Waals surface area (Å²) in [6.07, 6.45) is 6.44. The first kappa shape index (κ1) is 23.3. The second-order valence-corrected chi connectivity index (χ2v) is 8.04. The van der Waals surface area contributed by atoms with Gasteiger partial charge in [0.15, 0.2) is 12.4 Å². The monoisotopic (exact) mass is 502 g/mol. The number of hydrogen-bond donors (Lipinski definition) is 2. The molecular weight excluding hydrogens is 483 g/mol. The van der Waals surface area contributed by atoms with Crippen LogP contribution in [0, 0.1) is 0 Å². The average Bonchev–Trinajstić information content (AvgIpc) is 3.54. The number of rotatable bonds is 8. The molecule has 0 radical (unpaired) electrons. The van der Waals surface area contributed by atoms with Crippen LogP contribution in [0.15, 0.2) is 49.1 Å². The standard InChI is InChI=1S/C21H20Cl2N8O3/c1-29-11-13(9-25-29)8-24-21(33)19-16(10-26-30(19)2)27-20(32)15-6-7-31(28-15)12-34-17-5-3-4-14(22)18(17)23/h3-7,9-11H,8,12H2,1-2H3,(H,24,33)(H,27,32). The van der Waals surface area contributed by atoms with Crippen LogP contribution < -0.4 is 15.4 Å². The highest BCUT2D eigenvalue weighted by molar-refractivity contribution is 6.42. The Morgan fingerprint density at radius 1 is 1.09 bits per heavy atom. The number of nitrogens with zero attached hydrogens (tertiary/aromatic N) is 6. The number of benzene rings is 1. The van der Waals surface area contributed by atoms with E-state index in [1.165, 1.54) is 21.6 Å². The van der Waals surface area contributed by atoms with Gasteiger partial charge in [-0.25, -0.2) is 4.68 Å². The second kappa shape index (κ2) is 9.98. The van der Waals surface area contributed by atoms with E-state index < -0.39 is 11.8 Å². The first-order valence-corrected chi connectivity index (χ1v) is 10.8. The fraction of sp³-hybridized carbons (Fsp3) is 0.190. The average molecular weight is 503 g/mol. The van der Waals surface area contributed by atoms with Gasteiger partial charge in [0.05, 0.1) is 23.1 Å². The summed E-state index contributed by atoms with van der Waals surface area (Å²) in [6, 6.07) is 6.56. The Balaban J connectivity index is 1.39. The Kier molecular flexibility index (Phi) is 6.85. The number of aryl methyl sites for hydroxylation is 2. The zero-order valence-electron chi connectivity index (χ0n) is 18.2. The molecule has 13 heteroatoms. The molecule has 0 saturated heterocycles. The predicted octanol–water partition coefficient (Wildman–Crippen LogP) is 2.88. The molecular formula is C21H20Cl2N8O3. The third kappa shape index (κ3) is 5.21. The number of amides is 2. The molecule has 4 aromatic rings. The number of anilines is 1. The van der Waals surface area contributed by atoms with Gasteiger partial charge in [-0.05, 0) is 18.2 Å². The van der Waals surface area contributed by atoms with Crippen LogP contribution in [0.25, 0.3) is 0 Å². The Morgan fingerprint density at radius 3 is 2.68 bits per heavy atom. The Hall–Kier alpha value is -3.83. The van der Waals surface area contributed by atoms with Gasteiger partial charge in [-0.2, -0.15) is 15.3 Å². The van der Waals surface area contributed by atoms with Crippen LogP contribution in [-0.4, -0.2) is 41.2 Å². The number of aromatic nitrogens is 6. The second-order valence-electron chi connectivity index (χ2n) is 7.26. The summed E-state index contributed by atoms with van der Waals surface area (Å²) < 4.78 is 10.1. The van der Waals surface area contributed by atoms with Gasteiger partial charge in [0, 0.05) is 38.6 Å². The lowest BCUT2D eigenvalue weighted by Gasteiger charge is -2.09. The molecule has 0 fully saturated rings. The van der Waals surface area contributed by atoms with E-state index in [1.807, 2.05) is 0 Å². The summed E-state index contributed by atoms with van der Waals surface area (Å²) in [6.45, 7) is 0.300. The third-order valence-electron chi connectivity index (χ3n) is 4.76. The third-order valence-corrected chi connectivity index (χ3v) is 5.56. The van der Waals surface area contributed by atoms with E-state index in [0.29, 0.717) is 15.8 Å². The smallest absolute Gasteiger partial charge is 0.276 e. The van der Waals surface area contributed by atoms with E-state index in [4.69, 9.17) is 27.9 Å². The predicted molar refractivity (Wildman–Crippen MR) is 125 cm³/mol. The molecule has 1 aromatic carbocycles. The lowest BCUT2D eigenvalue weighted by molar-refractivity contribution is 0.0942. The SMILES string of the molecule is Cn1cc(CNC(=O)c2c(NC(=O)c3ccn(COc4cccc(Cl)c4Cl)n3)cnn2C)cn1. The maximum absolute atomic E-state index is 12.7. The van der Waals surface area contributed by atoms with Crippen molar-refractivity contribution in [3.05, 3.63) is 76.0 Å². The molecule has 176 valence electrons. The van der Waals surface area contributed by atoms with Crippen molar-refractivity contribution in [1.82, 2.24) is 34.7 Å². The maximum atomic E-state index is 12.7. The minimum absolute atomic E-state index is 0.0161. The minimum atomic E-state index is -0.506. The fourth-order valence-electron chi connectivity index (χ4n) is 3.10. The molecule has 0 saturated carbocycles. The summed E-state index contributed by atoms with van der Waals surface area (Å²) >= 11 is 12.1. The highest BCUT2D eigenvalue weighted by atomic mass is 35.5. The lowest BCUT2D eigenvalue weighted by atomic mass is 10.3. The van der Waals surface area contributed by atoms with E-state index in [9.17, 15) is 9.59 Å². The van der Waals surface area contributed by atoms with Crippen molar-refractivity contribution in [3.8, 4) is 5.75 Å².